The Morgan fingerprint density at radius 2 is 1.58 bits per heavy atom. The van der Waals surface area contributed by atoms with E-state index in [2.05, 4.69) is 4.74 Å². The number of aliphatic hydroxyl groups excluding tert-OH is 1. The molecule has 0 aromatic heterocycles. The van der Waals surface area contributed by atoms with E-state index in [1.807, 2.05) is 0 Å². The van der Waals surface area contributed by atoms with Crippen LogP contribution in [0, 0.1) is 0 Å². The molecule has 0 spiro atoms. The zero-order chi connectivity index (χ0) is 14.0. The van der Waals surface area contributed by atoms with Gasteiger partial charge in [0.25, 0.3) is 0 Å². The fourth-order valence-corrected chi connectivity index (χ4v) is 1.73. The van der Waals surface area contributed by atoms with E-state index in [1.54, 1.807) is 18.2 Å². The van der Waals surface area contributed by atoms with Crippen molar-refractivity contribution in [2.45, 2.75) is 13.2 Å². The second-order valence-corrected chi connectivity index (χ2v) is 4.09. The Hall–Kier alpha value is -2.40. The summed E-state index contributed by atoms with van der Waals surface area (Å²) in [7, 11) is 0. The molecule has 2 N–H and O–H groups in total. The van der Waals surface area contributed by atoms with Gasteiger partial charge in [-0.1, -0.05) is 12.1 Å². The highest BCUT2D eigenvalue weighted by atomic mass is 16.6. The molecule has 0 aliphatic rings. The third-order valence-corrected chi connectivity index (χ3v) is 2.60. The number of carboxylic acids is 1. The highest BCUT2D eigenvalue weighted by Crippen LogP contribution is 2.19. The van der Waals surface area contributed by atoms with Gasteiger partial charge >= 0.3 is 11.9 Å². The van der Waals surface area contributed by atoms with Crippen molar-refractivity contribution in [1.29, 1.82) is 0 Å². The first-order valence-electron chi connectivity index (χ1n) is 5.63. The normalized spacial score (nSPS) is 12.1. The zero-order valence-corrected chi connectivity index (χ0v) is 10.2. The van der Waals surface area contributed by atoms with Crippen LogP contribution < -0.4 is 0 Å². The Kier molecular flexibility index (Phi) is 3.48. The predicted octanol–water partition coefficient (Wildman–Crippen LogP) is 2.03. The third-order valence-electron chi connectivity index (χ3n) is 2.60. The molecule has 0 saturated carbocycles. The number of aromatic carboxylic acids is 1. The number of rotatable bonds is 3. The van der Waals surface area contributed by atoms with E-state index in [4.69, 9.17) is 10.2 Å². The topological polar surface area (TPSA) is 83.8 Å². The van der Waals surface area contributed by atoms with Crippen LogP contribution in [0.1, 0.15) is 27.6 Å². The number of esters is 1. The van der Waals surface area contributed by atoms with Gasteiger partial charge in [0.05, 0.1) is 11.1 Å². The number of hydrogen-bond donors (Lipinski definition) is 2. The van der Waals surface area contributed by atoms with Crippen LogP contribution in [-0.4, -0.2) is 28.4 Å². The minimum atomic E-state index is -1.17. The molecule has 0 bridgehead atoms. The molecule has 2 aromatic rings. The molecule has 0 aliphatic heterocycles. The van der Waals surface area contributed by atoms with E-state index >= 15 is 0 Å². The summed E-state index contributed by atoms with van der Waals surface area (Å²) >= 11 is 0. The van der Waals surface area contributed by atoms with Crippen molar-refractivity contribution in [3.05, 3.63) is 47.5 Å². The molecule has 5 nitrogen and oxygen atoms in total. The van der Waals surface area contributed by atoms with Gasteiger partial charge in [0.2, 0.25) is 0 Å². The quantitative estimate of drug-likeness (QED) is 0.651. The molecule has 0 heterocycles. The van der Waals surface area contributed by atoms with Crippen molar-refractivity contribution in [2.24, 2.45) is 0 Å². The summed E-state index contributed by atoms with van der Waals surface area (Å²) in [5, 5.41) is 19.3. The summed E-state index contributed by atoms with van der Waals surface area (Å²) in [6.45, 7) is 1.35. The highest BCUT2D eigenvalue weighted by Gasteiger charge is 2.11. The molecule has 0 amide bonds. The zero-order valence-electron chi connectivity index (χ0n) is 10.2. The van der Waals surface area contributed by atoms with Gasteiger partial charge in [-0.15, -0.1) is 0 Å². The van der Waals surface area contributed by atoms with Crippen molar-refractivity contribution < 1.29 is 24.5 Å². The van der Waals surface area contributed by atoms with Crippen molar-refractivity contribution in [1.82, 2.24) is 0 Å². The number of carboxylic acid groups (broad SMARTS) is 1. The largest absolute Gasteiger partial charge is 0.478 e. The van der Waals surface area contributed by atoms with Crippen LogP contribution in [0.5, 0.6) is 0 Å². The molecular weight excluding hydrogens is 248 g/mol. The van der Waals surface area contributed by atoms with Crippen LogP contribution in [0.25, 0.3) is 10.8 Å². The Morgan fingerprint density at radius 3 is 2.11 bits per heavy atom. The summed E-state index contributed by atoms with van der Waals surface area (Å²) in [5.41, 5.74) is 0.489. The number of benzene rings is 2. The van der Waals surface area contributed by atoms with Crippen molar-refractivity contribution in [3.8, 4) is 0 Å². The van der Waals surface area contributed by atoms with Gasteiger partial charge in [0.1, 0.15) is 0 Å². The summed E-state index contributed by atoms with van der Waals surface area (Å²) in [6.07, 6.45) is -1.17. The third kappa shape index (κ3) is 2.89. The van der Waals surface area contributed by atoms with Crippen molar-refractivity contribution >= 4 is 22.7 Å². The van der Waals surface area contributed by atoms with Crippen LogP contribution in [-0.2, 0) is 4.74 Å². The first-order chi connectivity index (χ1) is 8.97. The lowest BCUT2D eigenvalue weighted by Crippen LogP contribution is -2.13. The Morgan fingerprint density at radius 1 is 1.05 bits per heavy atom. The predicted molar refractivity (Wildman–Crippen MR) is 68.0 cm³/mol. The van der Waals surface area contributed by atoms with E-state index in [0.29, 0.717) is 10.9 Å². The maximum absolute atomic E-state index is 11.6. The van der Waals surface area contributed by atoms with E-state index < -0.39 is 18.2 Å². The fraction of sp³-hybridized carbons (Fsp3) is 0.143. The highest BCUT2D eigenvalue weighted by molar-refractivity contribution is 5.98. The van der Waals surface area contributed by atoms with E-state index in [0.717, 1.165) is 5.39 Å². The Balaban J connectivity index is 2.39. The molecule has 19 heavy (non-hydrogen) atoms. The summed E-state index contributed by atoms with van der Waals surface area (Å²) < 4.78 is 4.67. The van der Waals surface area contributed by atoms with Gasteiger partial charge < -0.3 is 14.9 Å². The maximum Gasteiger partial charge on any atom is 0.340 e. The average Bonchev–Trinajstić information content (AvgIpc) is 2.36. The second kappa shape index (κ2) is 5.07. The number of aliphatic hydroxyl groups is 1. The van der Waals surface area contributed by atoms with E-state index in [1.165, 1.54) is 25.1 Å². The molecule has 1 atom stereocenters. The van der Waals surface area contributed by atoms with Crippen molar-refractivity contribution in [2.75, 3.05) is 0 Å². The molecule has 1 unspecified atom stereocenters. The van der Waals surface area contributed by atoms with Crippen LogP contribution in [0.3, 0.4) is 0 Å². The van der Waals surface area contributed by atoms with Gasteiger partial charge in [-0.3, -0.25) is 0 Å². The summed E-state index contributed by atoms with van der Waals surface area (Å²) in [4.78, 5) is 22.4. The molecule has 0 aliphatic carbocycles. The van der Waals surface area contributed by atoms with Crippen molar-refractivity contribution in [3.63, 3.8) is 0 Å². The number of carbonyl (C=O) groups is 2. The summed E-state index contributed by atoms with van der Waals surface area (Å²) in [6, 6.07) is 9.37. The van der Waals surface area contributed by atoms with Gasteiger partial charge in [-0.05, 0) is 42.0 Å². The number of ether oxygens (including phenoxy) is 1. The Labute approximate surface area is 109 Å². The standard InChI is InChI=1S/C14H12O5/c1-8(15)19-14(18)12-5-3-9-6-11(13(16)17)4-2-10(9)7-12/h2-8,15H,1H3,(H,16,17). The van der Waals surface area contributed by atoms with Gasteiger partial charge in [-0.2, -0.15) is 0 Å². The lowest BCUT2D eigenvalue weighted by Gasteiger charge is -2.07. The van der Waals surface area contributed by atoms with Crippen LogP contribution in [0.4, 0.5) is 0 Å². The molecular formula is C14H12O5. The number of hydrogen-bond acceptors (Lipinski definition) is 4. The first kappa shape index (κ1) is 13.0. The van der Waals surface area contributed by atoms with Gasteiger partial charge in [0, 0.05) is 0 Å². The molecule has 0 fully saturated rings. The second-order valence-electron chi connectivity index (χ2n) is 4.09. The fourth-order valence-electron chi connectivity index (χ4n) is 1.73. The lowest BCUT2D eigenvalue weighted by molar-refractivity contribution is -0.0523. The van der Waals surface area contributed by atoms with Gasteiger partial charge in [-0.25, -0.2) is 9.59 Å². The molecule has 0 saturated heterocycles. The molecule has 2 aromatic carbocycles. The van der Waals surface area contributed by atoms with Gasteiger partial charge in [0.15, 0.2) is 6.29 Å². The number of fused-ring (bicyclic) bond motifs is 1. The lowest BCUT2D eigenvalue weighted by atomic mass is 10.0. The minimum Gasteiger partial charge on any atom is -0.478 e. The first-order valence-corrected chi connectivity index (χ1v) is 5.63. The molecule has 5 heteroatoms. The van der Waals surface area contributed by atoms with Crippen LogP contribution in [0.2, 0.25) is 0 Å². The molecule has 98 valence electrons. The molecule has 2 rings (SSSR count). The smallest absolute Gasteiger partial charge is 0.340 e. The monoisotopic (exact) mass is 260 g/mol. The number of carbonyl (C=O) groups excluding carboxylic acids is 1. The summed E-state index contributed by atoms with van der Waals surface area (Å²) in [5.74, 6) is -1.63. The maximum atomic E-state index is 11.6. The van der Waals surface area contributed by atoms with E-state index in [9.17, 15) is 9.59 Å². The Bertz CT molecular complexity index is 645. The average molecular weight is 260 g/mol. The van der Waals surface area contributed by atoms with Crippen LogP contribution in [0.15, 0.2) is 36.4 Å². The van der Waals surface area contributed by atoms with Crippen LogP contribution >= 0.6 is 0 Å². The van der Waals surface area contributed by atoms with E-state index in [-0.39, 0.29) is 5.56 Å². The molecule has 0 radical (unpaired) electrons. The SMILES string of the molecule is CC(O)OC(=O)c1ccc2cc(C(=O)O)ccc2c1. The minimum absolute atomic E-state index is 0.187.